The second-order valence-electron chi connectivity index (χ2n) is 5.31. The summed E-state index contributed by atoms with van der Waals surface area (Å²) < 4.78 is 0. The van der Waals surface area contributed by atoms with Crippen molar-refractivity contribution in [1.82, 2.24) is 15.1 Å². The van der Waals surface area contributed by atoms with E-state index in [4.69, 9.17) is 0 Å². The second kappa shape index (κ2) is 6.75. The monoisotopic (exact) mass is 269 g/mol. The lowest BCUT2D eigenvalue weighted by Gasteiger charge is -2.30. The van der Waals surface area contributed by atoms with Gasteiger partial charge in [0.05, 0.1) is 6.10 Å². The van der Waals surface area contributed by atoms with Gasteiger partial charge in [-0.3, -0.25) is 4.79 Å². The van der Waals surface area contributed by atoms with Crippen molar-refractivity contribution in [2.24, 2.45) is 0 Å². The smallest absolute Gasteiger partial charge is 0.317 e. The van der Waals surface area contributed by atoms with E-state index in [0.717, 1.165) is 38.8 Å². The molecule has 0 aromatic rings. The number of piperidine rings is 1. The molecule has 3 amide bonds. The molecule has 0 aromatic carbocycles. The fourth-order valence-electron chi connectivity index (χ4n) is 2.66. The number of β-amino-alcohol motifs (C(OH)–C–C–N with tert-alkyl or cyclic N) is 1. The lowest BCUT2D eigenvalue weighted by atomic mass is 10.1. The molecule has 6 nitrogen and oxygen atoms in total. The molecule has 1 unspecified atom stereocenters. The van der Waals surface area contributed by atoms with Gasteiger partial charge >= 0.3 is 6.03 Å². The van der Waals surface area contributed by atoms with E-state index in [9.17, 15) is 14.7 Å². The molecule has 2 aliphatic heterocycles. The molecule has 0 aromatic heterocycles. The van der Waals surface area contributed by atoms with Crippen molar-refractivity contribution in [1.29, 1.82) is 0 Å². The molecule has 2 fully saturated rings. The molecule has 2 heterocycles. The summed E-state index contributed by atoms with van der Waals surface area (Å²) >= 11 is 0. The van der Waals surface area contributed by atoms with Gasteiger partial charge < -0.3 is 20.2 Å². The molecule has 0 saturated carbocycles. The van der Waals surface area contributed by atoms with Crippen LogP contribution in [-0.2, 0) is 4.79 Å². The minimum Gasteiger partial charge on any atom is -0.391 e. The van der Waals surface area contributed by atoms with Crippen LogP contribution >= 0.6 is 0 Å². The van der Waals surface area contributed by atoms with Crippen LogP contribution < -0.4 is 5.32 Å². The number of hydrogen-bond donors (Lipinski definition) is 2. The molecule has 108 valence electrons. The Morgan fingerprint density at radius 1 is 1.37 bits per heavy atom. The maximum Gasteiger partial charge on any atom is 0.317 e. The number of urea groups is 1. The number of carbonyl (C=O) groups is 2. The Hall–Kier alpha value is -1.30. The normalized spacial score (nSPS) is 23.8. The molecule has 0 bridgehead atoms. The molecule has 2 rings (SSSR count). The molecule has 0 aliphatic carbocycles. The van der Waals surface area contributed by atoms with Crippen LogP contribution in [0.2, 0.25) is 0 Å². The number of rotatable bonds is 4. The molecule has 19 heavy (non-hydrogen) atoms. The highest BCUT2D eigenvalue weighted by atomic mass is 16.3. The fourth-order valence-corrected chi connectivity index (χ4v) is 2.66. The van der Waals surface area contributed by atoms with E-state index in [1.165, 1.54) is 0 Å². The third-order valence-electron chi connectivity index (χ3n) is 3.74. The molecule has 0 radical (unpaired) electrons. The van der Waals surface area contributed by atoms with Gasteiger partial charge in [-0.05, 0) is 25.7 Å². The molecule has 6 heteroatoms. The Bertz CT molecular complexity index is 335. The Morgan fingerprint density at radius 2 is 2.21 bits per heavy atom. The van der Waals surface area contributed by atoms with Gasteiger partial charge in [-0.1, -0.05) is 0 Å². The van der Waals surface area contributed by atoms with Crippen molar-refractivity contribution in [2.75, 3.05) is 32.7 Å². The summed E-state index contributed by atoms with van der Waals surface area (Å²) in [5.41, 5.74) is 0. The third kappa shape index (κ3) is 4.09. The summed E-state index contributed by atoms with van der Waals surface area (Å²) in [5.74, 6) is 0.227. The first-order valence-electron chi connectivity index (χ1n) is 7.15. The maximum atomic E-state index is 11.8. The Balaban J connectivity index is 1.59. The highest BCUT2D eigenvalue weighted by Crippen LogP contribution is 2.10. The van der Waals surface area contributed by atoms with Crippen molar-refractivity contribution in [3.63, 3.8) is 0 Å². The molecule has 2 aliphatic rings. The highest BCUT2D eigenvalue weighted by molar-refractivity contribution is 5.78. The molecular formula is C13H23N3O3. The Morgan fingerprint density at radius 3 is 2.89 bits per heavy atom. The first-order chi connectivity index (χ1) is 9.16. The zero-order valence-corrected chi connectivity index (χ0v) is 11.3. The van der Waals surface area contributed by atoms with Gasteiger partial charge in [0.25, 0.3) is 0 Å². The largest absolute Gasteiger partial charge is 0.391 e. The van der Waals surface area contributed by atoms with E-state index in [2.05, 4.69) is 5.32 Å². The number of aliphatic hydroxyl groups is 1. The van der Waals surface area contributed by atoms with Crippen LogP contribution in [0.3, 0.4) is 0 Å². The van der Waals surface area contributed by atoms with Gasteiger partial charge in [0.15, 0.2) is 0 Å². The van der Waals surface area contributed by atoms with Gasteiger partial charge in [-0.25, -0.2) is 4.79 Å². The minimum atomic E-state index is -0.387. The molecule has 0 spiro atoms. The van der Waals surface area contributed by atoms with Crippen LogP contribution in [0.25, 0.3) is 0 Å². The average Bonchev–Trinajstić information content (AvgIpc) is 2.80. The van der Waals surface area contributed by atoms with Crippen LogP contribution in [0.1, 0.15) is 32.1 Å². The van der Waals surface area contributed by atoms with E-state index in [1.807, 2.05) is 4.90 Å². The number of nitrogens with zero attached hydrogens (tertiary/aromatic N) is 2. The second-order valence-corrected chi connectivity index (χ2v) is 5.31. The van der Waals surface area contributed by atoms with Crippen molar-refractivity contribution in [2.45, 2.75) is 38.2 Å². The van der Waals surface area contributed by atoms with Crippen molar-refractivity contribution >= 4 is 11.9 Å². The summed E-state index contributed by atoms with van der Waals surface area (Å²) in [7, 11) is 0. The van der Waals surface area contributed by atoms with Gasteiger partial charge in [-0.15, -0.1) is 0 Å². The van der Waals surface area contributed by atoms with Gasteiger partial charge in [-0.2, -0.15) is 0 Å². The SMILES string of the molecule is O=C1CCCN1CCCNC(=O)N1CCCC(O)C1. The number of amides is 3. The fraction of sp³-hybridized carbons (Fsp3) is 0.846. The van der Waals surface area contributed by atoms with Gasteiger partial charge in [0, 0.05) is 39.1 Å². The van der Waals surface area contributed by atoms with E-state index < -0.39 is 0 Å². The average molecular weight is 269 g/mol. The Kier molecular flexibility index (Phi) is 5.01. The standard InChI is InChI=1S/C13H23N3O3/c17-11-4-1-8-16(10-11)13(19)14-6-3-9-15-7-2-5-12(15)18/h11,17H,1-10H2,(H,14,19). The quantitative estimate of drug-likeness (QED) is 0.714. The predicted molar refractivity (Wildman–Crippen MR) is 70.6 cm³/mol. The molecule has 2 saturated heterocycles. The minimum absolute atomic E-state index is 0.105. The first-order valence-corrected chi connectivity index (χ1v) is 7.15. The molecular weight excluding hydrogens is 246 g/mol. The summed E-state index contributed by atoms with van der Waals surface area (Å²) in [4.78, 5) is 26.7. The number of hydrogen-bond acceptors (Lipinski definition) is 3. The first kappa shape index (κ1) is 14.1. The molecule has 2 N–H and O–H groups in total. The lowest BCUT2D eigenvalue weighted by Crippen LogP contribution is -2.47. The maximum absolute atomic E-state index is 11.8. The predicted octanol–water partition coefficient (Wildman–Crippen LogP) is 0.165. The van der Waals surface area contributed by atoms with Crippen LogP contribution in [0.15, 0.2) is 0 Å². The summed E-state index contributed by atoms with van der Waals surface area (Å²) in [5, 5.41) is 12.4. The van der Waals surface area contributed by atoms with Crippen LogP contribution in [0.4, 0.5) is 4.79 Å². The van der Waals surface area contributed by atoms with E-state index in [1.54, 1.807) is 4.90 Å². The number of carbonyl (C=O) groups excluding carboxylic acids is 2. The number of likely N-dealkylation sites (tertiary alicyclic amines) is 2. The van der Waals surface area contributed by atoms with E-state index in [-0.39, 0.29) is 18.0 Å². The topological polar surface area (TPSA) is 72.9 Å². The van der Waals surface area contributed by atoms with Gasteiger partial charge in [0.2, 0.25) is 5.91 Å². The van der Waals surface area contributed by atoms with Crippen LogP contribution in [0, 0.1) is 0 Å². The summed E-state index contributed by atoms with van der Waals surface area (Å²) in [6.45, 7) is 3.30. The summed E-state index contributed by atoms with van der Waals surface area (Å²) in [6, 6.07) is -0.105. The van der Waals surface area contributed by atoms with Crippen molar-refractivity contribution < 1.29 is 14.7 Å². The highest BCUT2D eigenvalue weighted by Gasteiger charge is 2.22. The molecule has 1 atom stereocenters. The number of aliphatic hydroxyl groups excluding tert-OH is 1. The lowest BCUT2D eigenvalue weighted by molar-refractivity contribution is -0.127. The number of nitrogens with one attached hydrogen (secondary N) is 1. The van der Waals surface area contributed by atoms with Crippen LogP contribution in [0.5, 0.6) is 0 Å². The third-order valence-corrected chi connectivity index (χ3v) is 3.74. The van der Waals surface area contributed by atoms with E-state index >= 15 is 0 Å². The Labute approximate surface area is 113 Å². The zero-order chi connectivity index (χ0) is 13.7. The summed E-state index contributed by atoms with van der Waals surface area (Å²) in [6.07, 6.45) is 3.65. The van der Waals surface area contributed by atoms with Crippen LogP contribution in [-0.4, -0.2) is 65.7 Å². The van der Waals surface area contributed by atoms with E-state index in [0.29, 0.717) is 26.1 Å². The van der Waals surface area contributed by atoms with Crippen molar-refractivity contribution in [3.05, 3.63) is 0 Å². The zero-order valence-electron chi connectivity index (χ0n) is 11.3. The van der Waals surface area contributed by atoms with Crippen molar-refractivity contribution in [3.8, 4) is 0 Å². The van der Waals surface area contributed by atoms with Gasteiger partial charge in [0.1, 0.15) is 0 Å².